The summed E-state index contributed by atoms with van der Waals surface area (Å²) in [5, 5.41) is 2.61. The molecule has 25 heavy (non-hydrogen) atoms. The summed E-state index contributed by atoms with van der Waals surface area (Å²) in [5.41, 5.74) is 3.73. The fraction of sp³-hybridized carbons (Fsp3) is 0. The lowest BCUT2D eigenvalue weighted by Crippen LogP contribution is -1.92. The molecule has 0 N–H and O–H groups in total. The van der Waals surface area contributed by atoms with Crippen molar-refractivity contribution in [3.05, 3.63) is 115 Å². The van der Waals surface area contributed by atoms with Gasteiger partial charge in [0.25, 0.3) is 0 Å². The third-order valence-electron chi connectivity index (χ3n) is 4.26. The van der Waals surface area contributed by atoms with Gasteiger partial charge in [-0.1, -0.05) is 91.0 Å². The topological polar surface area (TPSA) is 4.93 Å². The van der Waals surface area contributed by atoms with Crippen molar-refractivity contribution >= 4 is 21.8 Å². The first kappa shape index (κ1) is 15.2. The Morgan fingerprint density at radius 1 is 0.360 bits per heavy atom. The Kier molecular flexibility index (Phi) is 4.30. The predicted octanol–water partition coefficient (Wildman–Crippen LogP) is 6.47. The van der Waals surface area contributed by atoms with E-state index in [0.717, 1.165) is 0 Å². The van der Waals surface area contributed by atoms with Crippen molar-refractivity contribution in [2.45, 2.75) is 0 Å². The molecule has 0 unspecified atom stereocenters. The highest BCUT2D eigenvalue weighted by Gasteiger charge is 2.10. The van der Waals surface area contributed by atoms with Crippen LogP contribution in [-0.4, -0.2) is 4.57 Å². The molecule has 5 aromatic rings. The van der Waals surface area contributed by atoms with Crippen molar-refractivity contribution in [1.82, 2.24) is 4.57 Å². The lowest BCUT2D eigenvalue weighted by Gasteiger charge is -2.06. The van der Waals surface area contributed by atoms with Gasteiger partial charge in [-0.2, -0.15) is 0 Å². The number of fused-ring (bicyclic) bond motifs is 3. The van der Waals surface area contributed by atoms with Gasteiger partial charge in [-0.15, -0.1) is 0 Å². The van der Waals surface area contributed by atoms with Crippen LogP contribution in [0.4, 0.5) is 0 Å². The van der Waals surface area contributed by atoms with Crippen LogP contribution in [0.2, 0.25) is 0 Å². The van der Waals surface area contributed by atoms with Crippen molar-refractivity contribution in [1.29, 1.82) is 0 Å². The summed E-state index contributed by atoms with van der Waals surface area (Å²) in [6.07, 6.45) is 0. The van der Waals surface area contributed by atoms with Crippen LogP contribution in [0.5, 0.6) is 0 Å². The number of rotatable bonds is 1. The largest absolute Gasteiger partial charge is 0.309 e. The van der Waals surface area contributed by atoms with Gasteiger partial charge in [0.2, 0.25) is 0 Å². The molecule has 0 radical (unpaired) electrons. The Bertz CT molecular complexity index is 996. The minimum atomic E-state index is 1.21. The van der Waals surface area contributed by atoms with Crippen LogP contribution in [0.25, 0.3) is 27.5 Å². The van der Waals surface area contributed by atoms with Crippen molar-refractivity contribution in [2.75, 3.05) is 0 Å². The zero-order valence-electron chi connectivity index (χ0n) is 13.9. The van der Waals surface area contributed by atoms with E-state index in [9.17, 15) is 0 Å². The van der Waals surface area contributed by atoms with Gasteiger partial charge in [0.15, 0.2) is 0 Å². The highest BCUT2D eigenvalue weighted by Crippen LogP contribution is 2.31. The van der Waals surface area contributed by atoms with E-state index in [4.69, 9.17) is 0 Å². The number of hydrogen-bond acceptors (Lipinski definition) is 0. The molecule has 0 aliphatic heterocycles. The number of para-hydroxylation sites is 3. The van der Waals surface area contributed by atoms with Gasteiger partial charge < -0.3 is 4.57 Å². The molecule has 0 atom stereocenters. The normalized spacial score (nSPS) is 10.4. The van der Waals surface area contributed by atoms with Crippen LogP contribution in [-0.2, 0) is 0 Å². The Morgan fingerprint density at radius 2 is 0.720 bits per heavy atom. The summed E-state index contributed by atoms with van der Waals surface area (Å²) in [6, 6.07) is 39.7. The van der Waals surface area contributed by atoms with Crippen molar-refractivity contribution < 1.29 is 0 Å². The fourth-order valence-corrected chi connectivity index (χ4v) is 3.16. The predicted molar refractivity (Wildman–Crippen MR) is 107 cm³/mol. The molecule has 120 valence electrons. The summed E-state index contributed by atoms with van der Waals surface area (Å²) in [4.78, 5) is 0. The third kappa shape index (κ3) is 3.05. The minimum absolute atomic E-state index is 1.21. The van der Waals surface area contributed by atoms with Gasteiger partial charge in [-0.3, -0.25) is 0 Å². The van der Waals surface area contributed by atoms with Gasteiger partial charge >= 0.3 is 0 Å². The summed E-state index contributed by atoms with van der Waals surface area (Å²) >= 11 is 0. The van der Waals surface area contributed by atoms with Crippen LogP contribution in [0, 0.1) is 0 Å². The Labute approximate surface area is 147 Å². The van der Waals surface area contributed by atoms with Crippen LogP contribution in [0.1, 0.15) is 0 Å². The molecule has 1 heterocycles. The van der Waals surface area contributed by atoms with Crippen molar-refractivity contribution in [2.24, 2.45) is 0 Å². The van der Waals surface area contributed by atoms with Crippen LogP contribution in [0.3, 0.4) is 0 Å². The second-order valence-corrected chi connectivity index (χ2v) is 5.86. The highest BCUT2D eigenvalue weighted by atomic mass is 15.0. The minimum Gasteiger partial charge on any atom is -0.309 e. The molecule has 0 aliphatic rings. The molecule has 0 fully saturated rings. The quantitative estimate of drug-likeness (QED) is 0.333. The highest BCUT2D eigenvalue weighted by molar-refractivity contribution is 6.09. The zero-order chi connectivity index (χ0) is 16.9. The van der Waals surface area contributed by atoms with E-state index in [-0.39, 0.29) is 0 Å². The second kappa shape index (κ2) is 7.06. The first-order chi connectivity index (χ1) is 12.4. The summed E-state index contributed by atoms with van der Waals surface area (Å²) in [6.45, 7) is 0. The van der Waals surface area contributed by atoms with E-state index in [1.54, 1.807) is 0 Å². The average Bonchev–Trinajstić information content (AvgIpc) is 3.05. The lowest BCUT2D eigenvalue weighted by molar-refractivity contribution is 1.18. The first-order valence-corrected chi connectivity index (χ1v) is 8.49. The SMILES string of the molecule is c1ccc(-n2c3ccccc3c3ccccc32)cc1.c1ccccc1. The Balaban J connectivity index is 0.000000223. The molecular weight excluding hydrogens is 302 g/mol. The maximum Gasteiger partial charge on any atom is 0.0541 e. The molecule has 1 heteroatoms. The molecule has 0 saturated heterocycles. The Hall–Kier alpha value is -3.32. The first-order valence-electron chi connectivity index (χ1n) is 8.49. The molecule has 5 rings (SSSR count). The summed E-state index contributed by atoms with van der Waals surface area (Å²) in [5.74, 6) is 0. The number of benzene rings is 4. The van der Waals surface area contributed by atoms with E-state index >= 15 is 0 Å². The molecule has 1 aromatic heterocycles. The molecule has 0 saturated carbocycles. The van der Waals surface area contributed by atoms with Gasteiger partial charge in [0.05, 0.1) is 11.0 Å². The Morgan fingerprint density at radius 3 is 1.20 bits per heavy atom. The van der Waals surface area contributed by atoms with E-state index in [1.165, 1.54) is 27.5 Å². The van der Waals surface area contributed by atoms with E-state index in [2.05, 4.69) is 83.4 Å². The van der Waals surface area contributed by atoms with Crippen molar-refractivity contribution in [3.8, 4) is 5.69 Å². The van der Waals surface area contributed by atoms with E-state index in [1.807, 2.05) is 36.4 Å². The molecule has 4 aromatic carbocycles. The molecule has 0 spiro atoms. The van der Waals surface area contributed by atoms with Crippen LogP contribution in [0.15, 0.2) is 115 Å². The number of aromatic nitrogens is 1. The third-order valence-corrected chi connectivity index (χ3v) is 4.26. The smallest absolute Gasteiger partial charge is 0.0541 e. The van der Waals surface area contributed by atoms with Gasteiger partial charge in [-0.25, -0.2) is 0 Å². The monoisotopic (exact) mass is 321 g/mol. The van der Waals surface area contributed by atoms with Crippen LogP contribution < -0.4 is 0 Å². The maximum atomic E-state index is 2.32. The zero-order valence-corrected chi connectivity index (χ0v) is 13.9. The van der Waals surface area contributed by atoms with Gasteiger partial charge in [-0.05, 0) is 24.3 Å². The molecule has 0 aliphatic carbocycles. The van der Waals surface area contributed by atoms with Gasteiger partial charge in [0.1, 0.15) is 0 Å². The number of nitrogens with zero attached hydrogens (tertiary/aromatic N) is 1. The summed E-state index contributed by atoms with van der Waals surface area (Å²) in [7, 11) is 0. The standard InChI is InChI=1S/C18H13N.C6H6/c1-2-8-14(9-3-1)19-17-12-6-4-10-15(17)16-11-5-7-13-18(16)19;1-2-4-6-5-3-1/h1-13H;1-6H. The van der Waals surface area contributed by atoms with Crippen molar-refractivity contribution in [3.63, 3.8) is 0 Å². The maximum absolute atomic E-state index is 2.32. The van der Waals surface area contributed by atoms with Crippen LogP contribution >= 0.6 is 0 Å². The van der Waals surface area contributed by atoms with Gasteiger partial charge in [0, 0.05) is 16.5 Å². The second-order valence-electron chi connectivity index (χ2n) is 5.86. The summed E-state index contributed by atoms with van der Waals surface area (Å²) < 4.78 is 2.32. The average molecular weight is 321 g/mol. The number of hydrogen-bond donors (Lipinski definition) is 0. The molecule has 0 bridgehead atoms. The molecule has 1 nitrogen and oxygen atoms in total. The lowest BCUT2D eigenvalue weighted by atomic mass is 10.2. The van der Waals surface area contributed by atoms with E-state index in [0.29, 0.717) is 0 Å². The van der Waals surface area contributed by atoms with E-state index < -0.39 is 0 Å². The fourth-order valence-electron chi connectivity index (χ4n) is 3.16. The molecule has 0 amide bonds. The molecular formula is C24H19N.